The van der Waals surface area contributed by atoms with Crippen LogP contribution < -0.4 is 15.0 Å². The Bertz CT molecular complexity index is 958. The maximum Gasteiger partial charge on any atom is 0.341 e. The summed E-state index contributed by atoms with van der Waals surface area (Å²) in [6, 6.07) is 10.9. The first-order valence-corrected chi connectivity index (χ1v) is 9.79. The summed E-state index contributed by atoms with van der Waals surface area (Å²) in [6.07, 6.45) is 0. The number of benzene rings is 2. The number of para-hydroxylation sites is 2. The van der Waals surface area contributed by atoms with E-state index >= 15 is 0 Å². The Labute approximate surface area is 178 Å². The number of morpholine rings is 1. The average Bonchev–Trinajstić information content (AvgIpc) is 2.79. The topological polar surface area (TPSA) is 120 Å². The third kappa shape index (κ3) is 5.70. The molecule has 1 heterocycles. The van der Waals surface area contributed by atoms with Gasteiger partial charge in [-0.2, -0.15) is 0 Å². The first-order chi connectivity index (χ1) is 15.0. The highest BCUT2D eigenvalue weighted by Crippen LogP contribution is 2.27. The van der Waals surface area contributed by atoms with Crippen molar-refractivity contribution in [3.05, 3.63) is 58.1 Å². The van der Waals surface area contributed by atoms with Gasteiger partial charge >= 0.3 is 5.97 Å². The Kier molecular flexibility index (Phi) is 7.39. The van der Waals surface area contributed by atoms with Crippen molar-refractivity contribution in [1.82, 2.24) is 0 Å². The molecule has 164 valence electrons. The van der Waals surface area contributed by atoms with E-state index in [0.717, 1.165) is 6.07 Å². The monoisotopic (exact) mass is 429 g/mol. The Morgan fingerprint density at radius 2 is 1.94 bits per heavy atom. The number of hydrogen-bond acceptors (Lipinski definition) is 8. The zero-order valence-corrected chi connectivity index (χ0v) is 17.0. The van der Waals surface area contributed by atoms with Crippen molar-refractivity contribution in [3.8, 4) is 5.75 Å². The molecule has 0 aromatic heterocycles. The largest absolute Gasteiger partial charge is 0.492 e. The number of rotatable bonds is 8. The molecule has 2 aromatic carbocycles. The third-order valence-electron chi connectivity index (χ3n) is 4.56. The van der Waals surface area contributed by atoms with Gasteiger partial charge in [-0.3, -0.25) is 14.9 Å². The number of ether oxygens (including phenoxy) is 3. The van der Waals surface area contributed by atoms with E-state index in [4.69, 9.17) is 14.2 Å². The Hall–Kier alpha value is -3.66. The van der Waals surface area contributed by atoms with Gasteiger partial charge in [-0.1, -0.05) is 12.1 Å². The van der Waals surface area contributed by atoms with Gasteiger partial charge in [0.2, 0.25) is 0 Å². The molecule has 0 saturated carbocycles. The molecule has 10 heteroatoms. The minimum Gasteiger partial charge on any atom is -0.492 e. The Balaban J connectivity index is 1.71. The molecule has 0 unspecified atom stereocenters. The first-order valence-electron chi connectivity index (χ1n) is 9.79. The second-order valence-corrected chi connectivity index (χ2v) is 6.61. The number of carbonyl (C=O) groups is 2. The van der Waals surface area contributed by atoms with E-state index in [9.17, 15) is 19.7 Å². The van der Waals surface area contributed by atoms with Crippen molar-refractivity contribution in [3.63, 3.8) is 0 Å². The van der Waals surface area contributed by atoms with Crippen molar-refractivity contribution in [2.75, 3.05) is 49.7 Å². The molecule has 0 atom stereocenters. The molecule has 0 radical (unpaired) electrons. The van der Waals surface area contributed by atoms with Crippen molar-refractivity contribution in [1.29, 1.82) is 0 Å². The lowest BCUT2D eigenvalue weighted by Gasteiger charge is -2.30. The number of hydrogen-bond donors (Lipinski definition) is 1. The Morgan fingerprint density at radius 1 is 1.19 bits per heavy atom. The number of anilines is 2. The number of esters is 1. The number of amides is 1. The molecule has 1 aliphatic heterocycles. The fraction of sp³-hybridized carbons (Fsp3) is 0.333. The number of nitrogens with one attached hydrogen (secondary N) is 1. The summed E-state index contributed by atoms with van der Waals surface area (Å²) >= 11 is 0. The van der Waals surface area contributed by atoms with Crippen LogP contribution in [0.5, 0.6) is 5.75 Å². The van der Waals surface area contributed by atoms with Crippen LogP contribution >= 0.6 is 0 Å². The van der Waals surface area contributed by atoms with Gasteiger partial charge in [-0.15, -0.1) is 0 Å². The number of nitro groups is 1. The predicted octanol–water partition coefficient (Wildman–Crippen LogP) is 2.63. The molecule has 1 amide bonds. The molecule has 10 nitrogen and oxygen atoms in total. The van der Waals surface area contributed by atoms with Gasteiger partial charge in [-0.25, -0.2) is 4.79 Å². The molecule has 31 heavy (non-hydrogen) atoms. The number of nitro benzene ring substituents is 1. The van der Waals surface area contributed by atoms with Gasteiger partial charge in [0, 0.05) is 25.2 Å². The fourth-order valence-corrected chi connectivity index (χ4v) is 3.13. The van der Waals surface area contributed by atoms with Gasteiger partial charge in [0.05, 0.1) is 41.7 Å². The van der Waals surface area contributed by atoms with E-state index < -0.39 is 23.4 Å². The van der Waals surface area contributed by atoms with Crippen LogP contribution in [0.4, 0.5) is 17.1 Å². The molecule has 2 aromatic rings. The summed E-state index contributed by atoms with van der Waals surface area (Å²) in [4.78, 5) is 37.5. The second-order valence-electron chi connectivity index (χ2n) is 6.61. The van der Waals surface area contributed by atoms with Crippen LogP contribution in [0.15, 0.2) is 42.5 Å². The smallest absolute Gasteiger partial charge is 0.341 e. The predicted molar refractivity (Wildman–Crippen MR) is 113 cm³/mol. The standard InChI is InChI=1S/C21H23N3O7/c1-2-30-19-6-4-3-5-17(19)22-20(25)14-31-21(26)16-13-15(24(27)28)7-8-18(16)23-9-11-29-12-10-23/h3-8,13H,2,9-12,14H2,1H3,(H,22,25). The molecule has 0 spiro atoms. The molecule has 3 rings (SSSR count). The molecular formula is C21H23N3O7. The lowest BCUT2D eigenvalue weighted by molar-refractivity contribution is -0.384. The lowest BCUT2D eigenvalue weighted by Crippen LogP contribution is -2.37. The highest BCUT2D eigenvalue weighted by Gasteiger charge is 2.23. The fourth-order valence-electron chi connectivity index (χ4n) is 3.13. The third-order valence-corrected chi connectivity index (χ3v) is 4.56. The van der Waals surface area contributed by atoms with Crippen molar-refractivity contribution >= 4 is 28.9 Å². The first kappa shape index (κ1) is 22.0. The second kappa shape index (κ2) is 10.4. The highest BCUT2D eigenvalue weighted by atomic mass is 16.6. The summed E-state index contributed by atoms with van der Waals surface area (Å²) in [5, 5.41) is 13.8. The minimum absolute atomic E-state index is 0.0265. The maximum absolute atomic E-state index is 12.7. The summed E-state index contributed by atoms with van der Waals surface area (Å²) in [6.45, 7) is 3.73. The van der Waals surface area contributed by atoms with E-state index in [2.05, 4.69) is 5.32 Å². The quantitative estimate of drug-likeness (QED) is 0.386. The van der Waals surface area contributed by atoms with Gasteiger partial charge in [0.15, 0.2) is 6.61 Å². The van der Waals surface area contributed by atoms with E-state index in [1.54, 1.807) is 24.3 Å². The molecule has 1 aliphatic rings. The van der Waals surface area contributed by atoms with E-state index in [0.29, 0.717) is 50.0 Å². The van der Waals surface area contributed by atoms with Gasteiger partial charge < -0.3 is 24.4 Å². The van der Waals surface area contributed by atoms with E-state index in [1.165, 1.54) is 12.1 Å². The highest BCUT2D eigenvalue weighted by molar-refractivity contribution is 5.99. The van der Waals surface area contributed by atoms with Gasteiger partial charge in [0.1, 0.15) is 5.75 Å². The van der Waals surface area contributed by atoms with Crippen LogP contribution in [0.1, 0.15) is 17.3 Å². The SMILES string of the molecule is CCOc1ccccc1NC(=O)COC(=O)c1cc([N+](=O)[O-])ccc1N1CCOCC1. The van der Waals surface area contributed by atoms with Crippen LogP contribution in [0.3, 0.4) is 0 Å². The van der Waals surface area contributed by atoms with Crippen LogP contribution in [-0.4, -0.2) is 56.3 Å². The van der Waals surface area contributed by atoms with Crippen molar-refractivity contribution < 1.29 is 28.7 Å². The molecule has 0 bridgehead atoms. The van der Waals surface area contributed by atoms with Crippen LogP contribution in [-0.2, 0) is 14.3 Å². The van der Waals surface area contributed by atoms with Crippen molar-refractivity contribution in [2.24, 2.45) is 0 Å². The molecular weight excluding hydrogens is 406 g/mol. The summed E-state index contributed by atoms with van der Waals surface area (Å²) in [5.41, 5.74) is 0.744. The van der Waals surface area contributed by atoms with E-state index in [1.807, 2.05) is 11.8 Å². The van der Waals surface area contributed by atoms with Crippen molar-refractivity contribution in [2.45, 2.75) is 6.92 Å². The maximum atomic E-state index is 12.7. The minimum atomic E-state index is -0.821. The van der Waals surface area contributed by atoms with Crippen LogP contribution in [0, 0.1) is 10.1 Å². The Morgan fingerprint density at radius 3 is 2.65 bits per heavy atom. The molecule has 1 fully saturated rings. The van der Waals surface area contributed by atoms with Crippen LogP contribution in [0.2, 0.25) is 0 Å². The number of non-ortho nitro benzene ring substituents is 1. The summed E-state index contributed by atoms with van der Waals surface area (Å²) in [5.74, 6) is -0.879. The zero-order valence-electron chi connectivity index (χ0n) is 17.0. The zero-order chi connectivity index (χ0) is 22.2. The molecule has 0 aliphatic carbocycles. The molecule has 1 N–H and O–H groups in total. The van der Waals surface area contributed by atoms with Gasteiger partial charge in [-0.05, 0) is 25.1 Å². The molecule has 1 saturated heterocycles. The number of nitrogens with zero attached hydrogens (tertiary/aromatic N) is 2. The van der Waals surface area contributed by atoms with Crippen LogP contribution in [0.25, 0.3) is 0 Å². The summed E-state index contributed by atoms with van der Waals surface area (Å²) in [7, 11) is 0. The number of carbonyl (C=O) groups excluding carboxylic acids is 2. The van der Waals surface area contributed by atoms with E-state index in [-0.39, 0.29) is 11.3 Å². The normalized spacial score (nSPS) is 13.4. The summed E-state index contributed by atoms with van der Waals surface area (Å²) < 4.78 is 15.9. The van der Waals surface area contributed by atoms with Gasteiger partial charge in [0.25, 0.3) is 11.6 Å². The lowest BCUT2D eigenvalue weighted by atomic mass is 10.1. The average molecular weight is 429 g/mol.